The average molecular weight is 195 g/mol. The molecule has 0 fully saturated rings. The molecule has 0 radical (unpaired) electrons. The maximum atomic E-state index is 5.64. The summed E-state index contributed by atoms with van der Waals surface area (Å²) in [5, 5.41) is 5.12. The first-order valence-electron chi connectivity index (χ1n) is 4.43. The van der Waals surface area contributed by atoms with Crippen LogP contribution < -0.4 is 5.32 Å². The Labute approximate surface area is 82.2 Å². The second-order valence-corrected chi connectivity index (χ2v) is 3.99. The summed E-state index contributed by atoms with van der Waals surface area (Å²) in [5.41, 5.74) is 1.34. The van der Waals surface area contributed by atoms with Gasteiger partial charge < -0.3 is 10.1 Å². The maximum Gasteiger partial charge on any atom is 0.103 e. The highest BCUT2D eigenvalue weighted by Crippen LogP contribution is 2.31. The van der Waals surface area contributed by atoms with Gasteiger partial charge in [0.2, 0.25) is 0 Å². The van der Waals surface area contributed by atoms with Crippen molar-refractivity contribution in [1.29, 1.82) is 0 Å². The molecule has 0 spiro atoms. The lowest BCUT2D eigenvalue weighted by atomic mass is 10.1. The van der Waals surface area contributed by atoms with E-state index in [1.165, 1.54) is 10.4 Å². The minimum Gasteiger partial charge on any atom is -0.394 e. The molecule has 1 unspecified atom stereocenters. The fraction of sp³-hybridized carbons (Fsp3) is 0.400. The summed E-state index contributed by atoms with van der Waals surface area (Å²) in [6.07, 6.45) is 5.21. The van der Waals surface area contributed by atoms with Gasteiger partial charge in [0.25, 0.3) is 0 Å². The first kappa shape index (κ1) is 8.78. The molecule has 0 saturated heterocycles. The van der Waals surface area contributed by atoms with E-state index in [1.54, 1.807) is 0 Å². The highest BCUT2D eigenvalue weighted by atomic mass is 32.1. The summed E-state index contributed by atoms with van der Waals surface area (Å²) in [6.45, 7) is 0.840. The van der Waals surface area contributed by atoms with Crippen molar-refractivity contribution in [2.75, 3.05) is 13.7 Å². The first-order valence-corrected chi connectivity index (χ1v) is 5.31. The van der Waals surface area contributed by atoms with E-state index < -0.39 is 0 Å². The summed E-state index contributed by atoms with van der Waals surface area (Å²) in [6, 6.07) is 2.16. The summed E-state index contributed by atoms with van der Waals surface area (Å²) in [5.74, 6) is 0. The molecule has 0 aliphatic carbocycles. The van der Waals surface area contributed by atoms with Gasteiger partial charge in [0.1, 0.15) is 6.10 Å². The van der Waals surface area contributed by atoms with Gasteiger partial charge in [-0.25, -0.2) is 0 Å². The fourth-order valence-electron chi connectivity index (χ4n) is 1.52. The van der Waals surface area contributed by atoms with E-state index in [1.807, 2.05) is 24.6 Å². The van der Waals surface area contributed by atoms with Crippen LogP contribution in [0.3, 0.4) is 0 Å². The molecular formula is C10H13NOS. The van der Waals surface area contributed by atoms with Gasteiger partial charge in [0, 0.05) is 18.3 Å². The van der Waals surface area contributed by atoms with Crippen LogP contribution in [0, 0.1) is 0 Å². The third kappa shape index (κ3) is 1.76. The van der Waals surface area contributed by atoms with Crippen molar-refractivity contribution < 1.29 is 4.74 Å². The fourth-order valence-corrected chi connectivity index (χ4v) is 2.42. The number of fused-ring (bicyclic) bond motifs is 1. The summed E-state index contributed by atoms with van der Waals surface area (Å²) < 4.78 is 5.64. The van der Waals surface area contributed by atoms with E-state index in [4.69, 9.17) is 4.74 Å². The minimum absolute atomic E-state index is 0.155. The molecule has 1 aliphatic rings. The van der Waals surface area contributed by atoms with Crippen LogP contribution in [-0.2, 0) is 11.2 Å². The Hall–Kier alpha value is -0.800. The van der Waals surface area contributed by atoms with Crippen LogP contribution in [0.2, 0.25) is 0 Å². The lowest BCUT2D eigenvalue weighted by Gasteiger charge is -2.20. The van der Waals surface area contributed by atoms with Gasteiger partial charge in [-0.15, -0.1) is 11.3 Å². The van der Waals surface area contributed by atoms with E-state index in [9.17, 15) is 0 Å². The first-order chi connectivity index (χ1) is 6.42. The van der Waals surface area contributed by atoms with Gasteiger partial charge in [-0.2, -0.15) is 0 Å². The third-order valence-electron chi connectivity index (χ3n) is 2.15. The smallest absolute Gasteiger partial charge is 0.103 e. The Kier molecular flexibility index (Phi) is 2.66. The second-order valence-electron chi connectivity index (χ2n) is 2.99. The van der Waals surface area contributed by atoms with Gasteiger partial charge in [0.05, 0.1) is 6.61 Å². The molecule has 0 amide bonds. The lowest BCUT2D eigenvalue weighted by Crippen LogP contribution is -2.12. The molecule has 13 heavy (non-hydrogen) atoms. The van der Waals surface area contributed by atoms with E-state index in [0.717, 1.165) is 13.0 Å². The maximum absolute atomic E-state index is 5.64. The highest BCUT2D eigenvalue weighted by Gasteiger charge is 2.18. The quantitative estimate of drug-likeness (QED) is 0.780. The molecule has 1 aliphatic heterocycles. The topological polar surface area (TPSA) is 21.3 Å². The predicted octanol–water partition coefficient (Wildman–Crippen LogP) is 2.09. The van der Waals surface area contributed by atoms with Crippen LogP contribution >= 0.6 is 11.3 Å². The van der Waals surface area contributed by atoms with Crippen molar-refractivity contribution in [2.45, 2.75) is 12.5 Å². The number of nitrogens with one attached hydrogen (secondary N) is 1. The van der Waals surface area contributed by atoms with E-state index in [-0.39, 0.29) is 6.10 Å². The molecule has 1 N–H and O–H groups in total. The largest absolute Gasteiger partial charge is 0.394 e. The number of rotatable bonds is 2. The number of ether oxygens (including phenoxy) is 1. The van der Waals surface area contributed by atoms with Crippen molar-refractivity contribution in [2.24, 2.45) is 0 Å². The molecule has 70 valence electrons. The Balaban J connectivity index is 2.20. The Bertz CT molecular complexity index is 306. The molecule has 0 bridgehead atoms. The Morgan fingerprint density at radius 3 is 3.46 bits per heavy atom. The zero-order valence-corrected chi connectivity index (χ0v) is 8.43. The summed E-state index contributed by atoms with van der Waals surface area (Å²) >= 11 is 1.83. The van der Waals surface area contributed by atoms with Gasteiger partial charge in [-0.1, -0.05) is 0 Å². The van der Waals surface area contributed by atoms with Gasteiger partial charge in [-0.05, 0) is 29.3 Å². The number of hydrogen-bond acceptors (Lipinski definition) is 3. The monoisotopic (exact) mass is 195 g/mol. The lowest BCUT2D eigenvalue weighted by molar-refractivity contribution is 0.0761. The van der Waals surface area contributed by atoms with Crippen LogP contribution in [0.15, 0.2) is 23.7 Å². The van der Waals surface area contributed by atoms with Crippen molar-refractivity contribution in [1.82, 2.24) is 5.32 Å². The Morgan fingerprint density at radius 2 is 2.62 bits per heavy atom. The molecule has 2 rings (SSSR count). The van der Waals surface area contributed by atoms with Crippen LogP contribution in [0.4, 0.5) is 0 Å². The van der Waals surface area contributed by atoms with Crippen LogP contribution in [0.1, 0.15) is 16.5 Å². The summed E-state index contributed by atoms with van der Waals surface area (Å²) in [4.78, 5) is 1.47. The Morgan fingerprint density at radius 1 is 1.69 bits per heavy atom. The summed E-state index contributed by atoms with van der Waals surface area (Å²) in [7, 11) is 1.90. The molecule has 2 heterocycles. The standard InChI is InChI=1S/C10H13NOS/c1-11-5-2-9-8-4-7-13-10(8)3-6-12-9/h2,4-5,7,9,11H,3,6H2,1H3/b5-2+. The molecule has 1 aromatic rings. The molecule has 2 nitrogen and oxygen atoms in total. The number of hydrogen-bond donors (Lipinski definition) is 1. The molecule has 0 saturated carbocycles. The van der Waals surface area contributed by atoms with Gasteiger partial charge >= 0.3 is 0 Å². The molecule has 1 aromatic heterocycles. The zero-order chi connectivity index (χ0) is 9.10. The second kappa shape index (κ2) is 3.94. The van der Waals surface area contributed by atoms with Gasteiger partial charge in [-0.3, -0.25) is 0 Å². The predicted molar refractivity (Wildman–Crippen MR) is 54.9 cm³/mol. The van der Waals surface area contributed by atoms with E-state index in [0.29, 0.717) is 0 Å². The molecule has 3 heteroatoms. The average Bonchev–Trinajstić information content (AvgIpc) is 2.62. The van der Waals surface area contributed by atoms with Crippen LogP contribution in [0.5, 0.6) is 0 Å². The van der Waals surface area contributed by atoms with E-state index >= 15 is 0 Å². The SMILES string of the molecule is CN/C=C/C1OCCc2sccc21. The molecule has 0 aromatic carbocycles. The van der Waals surface area contributed by atoms with Crippen molar-refractivity contribution >= 4 is 11.3 Å². The highest BCUT2D eigenvalue weighted by molar-refractivity contribution is 7.10. The van der Waals surface area contributed by atoms with Crippen molar-refractivity contribution in [3.63, 3.8) is 0 Å². The normalized spacial score (nSPS) is 21.8. The van der Waals surface area contributed by atoms with E-state index in [2.05, 4.69) is 22.8 Å². The van der Waals surface area contributed by atoms with Crippen molar-refractivity contribution in [3.8, 4) is 0 Å². The molecular weight excluding hydrogens is 182 g/mol. The van der Waals surface area contributed by atoms with Crippen LogP contribution in [0.25, 0.3) is 0 Å². The van der Waals surface area contributed by atoms with Crippen LogP contribution in [-0.4, -0.2) is 13.7 Å². The zero-order valence-electron chi connectivity index (χ0n) is 7.62. The third-order valence-corrected chi connectivity index (χ3v) is 3.15. The van der Waals surface area contributed by atoms with Crippen molar-refractivity contribution in [3.05, 3.63) is 34.2 Å². The van der Waals surface area contributed by atoms with Gasteiger partial charge in [0.15, 0.2) is 0 Å². The minimum atomic E-state index is 0.155. The molecule has 1 atom stereocenters. The number of thiophene rings is 1.